The van der Waals surface area contributed by atoms with E-state index in [1.54, 1.807) is 0 Å². The minimum atomic E-state index is -4.18. The minimum Gasteiger partial charge on any atom is -0.300 e. The Morgan fingerprint density at radius 3 is 2.14 bits per heavy atom. The van der Waals surface area contributed by atoms with E-state index in [9.17, 15) is 18.0 Å². The number of hydrogen-bond donors (Lipinski definition) is 0. The molecule has 1 nitrogen and oxygen atoms in total. The third-order valence-electron chi connectivity index (χ3n) is 2.02. The average molecular weight is 228 g/mol. The van der Waals surface area contributed by atoms with Crippen LogP contribution in [-0.2, 0) is 4.79 Å². The summed E-state index contributed by atoms with van der Waals surface area (Å²) >= 11 is -0.0555. The van der Waals surface area contributed by atoms with Crippen LogP contribution in [0.4, 0.5) is 13.2 Å². The molecule has 0 rings (SSSR count). The summed E-state index contributed by atoms with van der Waals surface area (Å²) in [5, 5.41) is 0. The zero-order chi connectivity index (χ0) is 11.4. The molecule has 0 saturated heterocycles. The minimum absolute atomic E-state index is 0.0252. The molecule has 1 unspecified atom stereocenters. The number of halogens is 3. The van der Waals surface area contributed by atoms with Gasteiger partial charge in [0.15, 0.2) is 0 Å². The molecule has 0 aromatic rings. The first kappa shape index (κ1) is 13.8. The zero-order valence-electron chi connectivity index (χ0n) is 8.52. The third-order valence-corrected chi connectivity index (χ3v) is 2.79. The first-order valence-electron chi connectivity index (χ1n) is 4.45. The Morgan fingerprint density at radius 1 is 1.36 bits per heavy atom. The molecule has 0 heterocycles. The second kappa shape index (κ2) is 5.63. The fourth-order valence-corrected chi connectivity index (χ4v) is 1.91. The van der Waals surface area contributed by atoms with Crippen LogP contribution in [0.15, 0.2) is 0 Å². The van der Waals surface area contributed by atoms with Crippen LogP contribution in [0.1, 0.15) is 27.2 Å². The van der Waals surface area contributed by atoms with Crippen molar-refractivity contribution in [2.75, 3.05) is 5.75 Å². The first-order chi connectivity index (χ1) is 6.24. The van der Waals surface area contributed by atoms with Crippen molar-refractivity contribution >= 4 is 17.5 Å². The molecule has 0 aliphatic carbocycles. The van der Waals surface area contributed by atoms with Crippen LogP contribution in [0.5, 0.6) is 0 Å². The van der Waals surface area contributed by atoms with Gasteiger partial charge in [0.1, 0.15) is 5.78 Å². The lowest BCUT2D eigenvalue weighted by Gasteiger charge is -2.17. The van der Waals surface area contributed by atoms with Gasteiger partial charge < -0.3 is 0 Å². The number of Topliss-reactive ketones (excluding diaryl/α,β-unsaturated/α-hetero) is 1. The molecule has 0 N–H and O–H groups in total. The number of thioether (sulfide) groups is 1. The van der Waals surface area contributed by atoms with Gasteiger partial charge in [0.05, 0.1) is 0 Å². The normalized spacial score (nSPS) is 14.5. The fourth-order valence-electron chi connectivity index (χ4n) is 1.31. The predicted molar refractivity (Wildman–Crippen MR) is 52.1 cm³/mol. The molecule has 0 bridgehead atoms. The van der Waals surface area contributed by atoms with Crippen LogP contribution in [0.25, 0.3) is 0 Å². The lowest BCUT2D eigenvalue weighted by molar-refractivity contribution is -0.122. The van der Waals surface area contributed by atoms with E-state index in [2.05, 4.69) is 0 Å². The molecular formula is C9H15F3OS. The van der Waals surface area contributed by atoms with Crippen LogP contribution >= 0.6 is 11.8 Å². The standard InChI is InChI=1S/C9H15F3OS/c1-6(2)8(7(3)13)4-5-14-9(10,11)12/h6,8H,4-5H2,1-3H3. The van der Waals surface area contributed by atoms with E-state index in [0.29, 0.717) is 6.42 Å². The highest BCUT2D eigenvalue weighted by molar-refractivity contribution is 8.00. The molecule has 0 spiro atoms. The molecule has 5 heteroatoms. The number of hydrogen-bond acceptors (Lipinski definition) is 2. The van der Waals surface area contributed by atoms with Crippen molar-refractivity contribution in [2.24, 2.45) is 11.8 Å². The van der Waals surface area contributed by atoms with Gasteiger partial charge >= 0.3 is 5.51 Å². The van der Waals surface area contributed by atoms with E-state index >= 15 is 0 Å². The highest BCUT2D eigenvalue weighted by atomic mass is 32.2. The maximum absolute atomic E-state index is 11.8. The zero-order valence-corrected chi connectivity index (χ0v) is 9.34. The molecule has 0 fully saturated rings. The molecule has 0 aliphatic heterocycles. The van der Waals surface area contributed by atoms with E-state index in [-0.39, 0.29) is 35.1 Å². The number of rotatable bonds is 5. The number of carbonyl (C=O) groups is 1. The Morgan fingerprint density at radius 2 is 1.86 bits per heavy atom. The summed E-state index contributed by atoms with van der Waals surface area (Å²) in [6.45, 7) is 5.14. The van der Waals surface area contributed by atoms with Crippen molar-refractivity contribution in [1.82, 2.24) is 0 Å². The average Bonchev–Trinajstić information content (AvgIpc) is 1.94. The molecule has 84 valence electrons. The molecular weight excluding hydrogens is 213 g/mol. The van der Waals surface area contributed by atoms with Gasteiger partial charge in [-0.05, 0) is 19.3 Å². The topological polar surface area (TPSA) is 17.1 Å². The summed E-state index contributed by atoms with van der Waals surface area (Å²) in [7, 11) is 0. The van der Waals surface area contributed by atoms with Crippen LogP contribution in [-0.4, -0.2) is 17.0 Å². The van der Waals surface area contributed by atoms with Crippen molar-refractivity contribution in [3.8, 4) is 0 Å². The smallest absolute Gasteiger partial charge is 0.300 e. The van der Waals surface area contributed by atoms with Crippen molar-refractivity contribution in [1.29, 1.82) is 0 Å². The Bertz CT molecular complexity index is 189. The summed E-state index contributed by atoms with van der Waals surface area (Å²) in [5.74, 6) is -0.194. The largest absolute Gasteiger partial charge is 0.441 e. The highest BCUT2D eigenvalue weighted by Crippen LogP contribution is 2.32. The second-order valence-electron chi connectivity index (χ2n) is 3.54. The number of ketones is 1. The van der Waals surface area contributed by atoms with Crippen molar-refractivity contribution < 1.29 is 18.0 Å². The maximum atomic E-state index is 11.8. The molecule has 0 amide bonds. The molecule has 0 saturated carbocycles. The van der Waals surface area contributed by atoms with E-state index in [0.717, 1.165) is 0 Å². The number of alkyl halides is 3. The quantitative estimate of drug-likeness (QED) is 0.716. The molecule has 0 aromatic heterocycles. The summed E-state index contributed by atoms with van der Waals surface area (Å²) < 4.78 is 35.4. The predicted octanol–water partition coefficient (Wildman–Crippen LogP) is 3.49. The van der Waals surface area contributed by atoms with Crippen LogP contribution in [0.3, 0.4) is 0 Å². The Hall–Kier alpha value is -0.190. The van der Waals surface area contributed by atoms with Crippen LogP contribution < -0.4 is 0 Å². The summed E-state index contributed by atoms with van der Waals surface area (Å²) in [5.41, 5.74) is -4.18. The van der Waals surface area contributed by atoms with E-state index in [4.69, 9.17) is 0 Å². The molecule has 14 heavy (non-hydrogen) atoms. The van der Waals surface area contributed by atoms with E-state index in [1.165, 1.54) is 6.92 Å². The van der Waals surface area contributed by atoms with Gasteiger partial charge in [-0.3, -0.25) is 4.79 Å². The highest BCUT2D eigenvalue weighted by Gasteiger charge is 2.29. The lowest BCUT2D eigenvalue weighted by atomic mass is 9.90. The maximum Gasteiger partial charge on any atom is 0.441 e. The van der Waals surface area contributed by atoms with Crippen LogP contribution in [0, 0.1) is 11.8 Å². The Labute approximate surface area is 86.4 Å². The van der Waals surface area contributed by atoms with Crippen molar-refractivity contribution in [3.05, 3.63) is 0 Å². The van der Waals surface area contributed by atoms with E-state index < -0.39 is 5.51 Å². The monoisotopic (exact) mass is 228 g/mol. The summed E-state index contributed by atoms with van der Waals surface area (Å²) in [6, 6.07) is 0. The molecule has 0 aromatic carbocycles. The van der Waals surface area contributed by atoms with Gasteiger partial charge in [0.2, 0.25) is 0 Å². The van der Waals surface area contributed by atoms with Crippen LogP contribution in [0.2, 0.25) is 0 Å². The third kappa shape index (κ3) is 6.29. The van der Waals surface area contributed by atoms with Crippen molar-refractivity contribution in [2.45, 2.75) is 32.7 Å². The van der Waals surface area contributed by atoms with Gasteiger partial charge in [0.25, 0.3) is 0 Å². The van der Waals surface area contributed by atoms with E-state index in [1.807, 2.05) is 13.8 Å². The molecule has 1 atom stereocenters. The lowest BCUT2D eigenvalue weighted by Crippen LogP contribution is -2.19. The van der Waals surface area contributed by atoms with Gasteiger partial charge in [-0.1, -0.05) is 25.6 Å². The Balaban J connectivity index is 3.90. The second-order valence-corrected chi connectivity index (χ2v) is 4.70. The van der Waals surface area contributed by atoms with Crippen molar-refractivity contribution in [3.63, 3.8) is 0 Å². The SMILES string of the molecule is CC(=O)C(CCSC(F)(F)F)C(C)C. The van der Waals surface area contributed by atoms with Gasteiger partial charge in [-0.25, -0.2) is 0 Å². The number of carbonyl (C=O) groups excluding carboxylic acids is 1. The summed E-state index contributed by atoms with van der Waals surface area (Å²) in [6.07, 6.45) is 0.303. The van der Waals surface area contributed by atoms with Gasteiger partial charge in [-0.15, -0.1) is 0 Å². The fraction of sp³-hybridized carbons (Fsp3) is 0.889. The molecule has 0 aliphatic rings. The molecule has 0 radical (unpaired) electrons. The Kier molecular flexibility index (Phi) is 5.56. The van der Waals surface area contributed by atoms with Gasteiger partial charge in [-0.2, -0.15) is 13.2 Å². The first-order valence-corrected chi connectivity index (χ1v) is 5.43. The summed E-state index contributed by atoms with van der Waals surface area (Å²) in [4.78, 5) is 11.1. The van der Waals surface area contributed by atoms with Gasteiger partial charge in [0, 0.05) is 11.7 Å².